The second-order valence-corrected chi connectivity index (χ2v) is 3.00. The second kappa shape index (κ2) is 4.62. The third kappa shape index (κ3) is 2.74. The summed E-state index contributed by atoms with van der Waals surface area (Å²) in [5.41, 5.74) is 6.48. The molecule has 0 bridgehead atoms. The molecule has 0 spiro atoms. The summed E-state index contributed by atoms with van der Waals surface area (Å²) in [6.45, 7) is 1.77. The van der Waals surface area contributed by atoms with Crippen LogP contribution in [0.4, 0.5) is 4.79 Å². The van der Waals surface area contributed by atoms with Crippen LogP contribution in [0.3, 0.4) is 0 Å². The first-order chi connectivity index (χ1) is 6.61. The van der Waals surface area contributed by atoms with Crippen molar-refractivity contribution in [3.8, 4) is 0 Å². The van der Waals surface area contributed by atoms with E-state index < -0.39 is 12.2 Å². The average Bonchev–Trinajstić information content (AvgIpc) is 2.15. The van der Waals surface area contributed by atoms with Crippen LogP contribution in [0.25, 0.3) is 0 Å². The summed E-state index contributed by atoms with van der Waals surface area (Å²) in [5.74, 6) is 0. The van der Waals surface area contributed by atoms with Crippen LogP contribution in [-0.4, -0.2) is 17.8 Å². The van der Waals surface area contributed by atoms with Crippen molar-refractivity contribution in [2.24, 2.45) is 5.73 Å². The van der Waals surface area contributed by atoms with Gasteiger partial charge >= 0.3 is 6.09 Å². The average molecular weight is 195 g/mol. The van der Waals surface area contributed by atoms with E-state index in [0.29, 0.717) is 0 Å². The predicted molar refractivity (Wildman–Crippen MR) is 51.7 cm³/mol. The third-order valence-corrected chi connectivity index (χ3v) is 1.93. The topological polar surface area (TPSA) is 72.6 Å². The molecule has 0 radical (unpaired) electrons. The first-order valence-electron chi connectivity index (χ1n) is 4.27. The highest BCUT2D eigenvalue weighted by atomic mass is 16.6. The molecule has 1 aromatic rings. The molecule has 0 saturated heterocycles. The summed E-state index contributed by atoms with van der Waals surface area (Å²) in [6.07, 6.45) is -1.69. The van der Waals surface area contributed by atoms with Crippen molar-refractivity contribution in [1.82, 2.24) is 0 Å². The number of hydrogen-bond acceptors (Lipinski definition) is 3. The van der Waals surface area contributed by atoms with Crippen molar-refractivity contribution in [2.75, 3.05) is 6.61 Å². The van der Waals surface area contributed by atoms with Crippen LogP contribution in [0.5, 0.6) is 0 Å². The van der Waals surface area contributed by atoms with E-state index in [1.807, 2.05) is 25.1 Å². The molecule has 4 nitrogen and oxygen atoms in total. The molecule has 3 N–H and O–H groups in total. The summed E-state index contributed by atoms with van der Waals surface area (Å²) in [5, 5.41) is 9.62. The van der Waals surface area contributed by atoms with Crippen LogP contribution in [-0.2, 0) is 4.74 Å². The van der Waals surface area contributed by atoms with Crippen molar-refractivity contribution >= 4 is 6.09 Å². The van der Waals surface area contributed by atoms with Gasteiger partial charge in [0.15, 0.2) is 0 Å². The zero-order valence-corrected chi connectivity index (χ0v) is 7.93. The van der Waals surface area contributed by atoms with Gasteiger partial charge in [-0.05, 0) is 18.1 Å². The number of aryl methyl sites for hydroxylation is 1. The largest absolute Gasteiger partial charge is 0.447 e. The monoisotopic (exact) mass is 195 g/mol. The molecule has 0 aliphatic rings. The van der Waals surface area contributed by atoms with Crippen molar-refractivity contribution in [2.45, 2.75) is 13.0 Å². The van der Waals surface area contributed by atoms with E-state index in [1.165, 1.54) is 0 Å². The van der Waals surface area contributed by atoms with Gasteiger partial charge in [-0.25, -0.2) is 4.79 Å². The lowest BCUT2D eigenvalue weighted by Gasteiger charge is -2.12. The Hall–Kier alpha value is -1.55. The quantitative estimate of drug-likeness (QED) is 0.759. The van der Waals surface area contributed by atoms with Crippen LogP contribution in [0, 0.1) is 6.92 Å². The molecule has 76 valence electrons. The fraction of sp³-hybridized carbons (Fsp3) is 0.300. The third-order valence-electron chi connectivity index (χ3n) is 1.93. The minimum atomic E-state index is -0.877. The van der Waals surface area contributed by atoms with E-state index in [-0.39, 0.29) is 6.61 Å². The van der Waals surface area contributed by atoms with Crippen LogP contribution < -0.4 is 5.73 Å². The Morgan fingerprint density at radius 3 is 2.79 bits per heavy atom. The van der Waals surface area contributed by atoms with E-state index >= 15 is 0 Å². The number of aliphatic hydroxyl groups is 1. The highest BCUT2D eigenvalue weighted by Gasteiger charge is 2.10. The number of ether oxygens (including phenoxy) is 1. The van der Waals surface area contributed by atoms with Crippen molar-refractivity contribution in [3.05, 3.63) is 35.4 Å². The van der Waals surface area contributed by atoms with Gasteiger partial charge in [-0.1, -0.05) is 24.3 Å². The fourth-order valence-electron chi connectivity index (χ4n) is 1.21. The van der Waals surface area contributed by atoms with Gasteiger partial charge in [0, 0.05) is 0 Å². The van der Waals surface area contributed by atoms with Gasteiger partial charge < -0.3 is 15.6 Å². The molecule has 0 saturated carbocycles. The molecule has 0 heterocycles. The Labute approximate surface area is 82.3 Å². The SMILES string of the molecule is Cc1ccccc1C(O)COC(N)=O. The molecule has 1 unspecified atom stereocenters. The molecule has 0 aliphatic carbocycles. The van der Waals surface area contributed by atoms with Gasteiger partial charge in [-0.2, -0.15) is 0 Å². The van der Waals surface area contributed by atoms with E-state index in [4.69, 9.17) is 5.73 Å². The number of nitrogens with two attached hydrogens (primary N) is 1. The van der Waals surface area contributed by atoms with Gasteiger partial charge in [0.05, 0.1) is 0 Å². The zero-order chi connectivity index (χ0) is 10.6. The van der Waals surface area contributed by atoms with Gasteiger partial charge in [-0.3, -0.25) is 0 Å². The molecule has 1 amide bonds. The zero-order valence-electron chi connectivity index (χ0n) is 7.93. The Morgan fingerprint density at radius 2 is 2.21 bits per heavy atom. The van der Waals surface area contributed by atoms with Crippen LogP contribution in [0.2, 0.25) is 0 Å². The lowest BCUT2D eigenvalue weighted by Crippen LogP contribution is -2.18. The predicted octanol–water partition coefficient (Wildman–Crippen LogP) is 1.12. The maximum atomic E-state index is 10.3. The van der Waals surface area contributed by atoms with Crippen molar-refractivity contribution in [1.29, 1.82) is 0 Å². The number of benzene rings is 1. The van der Waals surface area contributed by atoms with E-state index in [2.05, 4.69) is 4.74 Å². The molecule has 1 aromatic carbocycles. The summed E-state index contributed by atoms with van der Waals surface area (Å²) in [6, 6.07) is 7.35. The molecule has 0 fully saturated rings. The molecule has 4 heteroatoms. The summed E-state index contributed by atoms with van der Waals surface area (Å²) in [4.78, 5) is 10.3. The molecular weight excluding hydrogens is 182 g/mol. The highest BCUT2D eigenvalue weighted by molar-refractivity contribution is 5.64. The molecular formula is C10H13NO3. The van der Waals surface area contributed by atoms with Gasteiger partial charge in [0.2, 0.25) is 0 Å². The maximum absolute atomic E-state index is 10.3. The van der Waals surface area contributed by atoms with Gasteiger partial charge in [0.1, 0.15) is 12.7 Å². The maximum Gasteiger partial charge on any atom is 0.404 e. The lowest BCUT2D eigenvalue weighted by molar-refractivity contribution is 0.0725. The normalized spacial score (nSPS) is 12.1. The minimum absolute atomic E-state index is 0.111. The van der Waals surface area contributed by atoms with E-state index in [9.17, 15) is 9.90 Å². The Bertz CT molecular complexity index is 325. The molecule has 0 aromatic heterocycles. The Morgan fingerprint density at radius 1 is 1.57 bits per heavy atom. The number of hydrogen-bond donors (Lipinski definition) is 2. The van der Waals surface area contributed by atoms with E-state index in [0.717, 1.165) is 11.1 Å². The minimum Gasteiger partial charge on any atom is -0.447 e. The number of primary amides is 1. The Kier molecular flexibility index (Phi) is 3.48. The first-order valence-corrected chi connectivity index (χ1v) is 4.27. The van der Waals surface area contributed by atoms with Crippen LogP contribution >= 0.6 is 0 Å². The number of carbonyl (C=O) groups is 1. The lowest BCUT2D eigenvalue weighted by atomic mass is 10.0. The number of carbonyl (C=O) groups excluding carboxylic acids is 1. The van der Waals surface area contributed by atoms with Crippen LogP contribution in [0.15, 0.2) is 24.3 Å². The van der Waals surface area contributed by atoms with Gasteiger partial charge in [0.25, 0.3) is 0 Å². The molecule has 14 heavy (non-hydrogen) atoms. The van der Waals surface area contributed by atoms with Crippen molar-refractivity contribution < 1.29 is 14.6 Å². The summed E-state index contributed by atoms with van der Waals surface area (Å²) >= 11 is 0. The van der Waals surface area contributed by atoms with E-state index in [1.54, 1.807) is 6.07 Å². The van der Waals surface area contributed by atoms with Gasteiger partial charge in [-0.15, -0.1) is 0 Å². The Balaban J connectivity index is 2.65. The summed E-state index contributed by atoms with van der Waals surface area (Å²) in [7, 11) is 0. The molecule has 0 aliphatic heterocycles. The second-order valence-electron chi connectivity index (χ2n) is 3.00. The smallest absolute Gasteiger partial charge is 0.404 e. The van der Waals surface area contributed by atoms with Crippen molar-refractivity contribution in [3.63, 3.8) is 0 Å². The molecule has 1 rings (SSSR count). The number of amides is 1. The van der Waals surface area contributed by atoms with Crippen LogP contribution in [0.1, 0.15) is 17.2 Å². The fourth-order valence-corrected chi connectivity index (χ4v) is 1.21. The highest BCUT2D eigenvalue weighted by Crippen LogP contribution is 2.16. The number of aliphatic hydroxyl groups excluding tert-OH is 1. The summed E-state index contributed by atoms with van der Waals surface area (Å²) < 4.78 is 4.50. The first kappa shape index (κ1) is 10.5. The molecule has 1 atom stereocenters. The standard InChI is InChI=1S/C10H13NO3/c1-7-4-2-3-5-8(7)9(12)6-14-10(11)13/h2-5,9,12H,6H2,1H3,(H2,11,13). The number of rotatable bonds is 3.